The first-order chi connectivity index (χ1) is 14.6. The molecule has 4 heterocycles. The third-order valence-electron chi connectivity index (χ3n) is 5.47. The molecule has 2 aliphatic rings. The zero-order valence-electron chi connectivity index (χ0n) is 16.6. The molecule has 1 aromatic carbocycles. The molecule has 0 bridgehead atoms. The minimum absolute atomic E-state index is 0.529. The minimum atomic E-state index is 0.529. The van der Waals surface area contributed by atoms with E-state index in [1.807, 2.05) is 31.3 Å². The molecule has 0 atom stereocenters. The van der Waals surface area contributed by atoms with Crippen LogP contribution >= 0.6 is 23.8 Å². The van der Waals surface area contributed by atoms with Crippen molar-refractivity contribution in [3.63, 3.8) is 0 Å². The topological polar surface area (TPSA) is 66.0 Å². The molecule has 6 nitrogen and oxygen atoms in total. The maximum Gasteiger partial charge on any atom is 0.227 e. The first-order valence-corrected chi connectivity index (χ1v) is 10.8. The van der Waals surface area contributed by atoms with Crippen LogP contribution in [0.3, 0.4) is 0 Å². The second kappa shape index (κ2) is 7.81. The molecule has 5 rings (SSSR count). The summed E-state index contributed by atoms with van der Waals surface area (Å²) in [6, 6.07) is 9.81. The number of thiocarbonyl (C=S) groups is 1. The lowest BCUT2D eigenvalue weighted by Gasteiger charge is -2.18. The molecule has 1 saturated heterocycles. The van der Waals surface area contributed by atoms with Crippen LogP contribution in [0.4, 0.5) is 23.1 Å². The van der Waals surface area contributed by atoms with Crippen molar-refractivity contribution in [3.8, 4) is 11.3 Å². The van der Waals surface area contributed by atoms with Gasteiger partial charge in [-0.3, -0.25) is 0 Å². The Balaban J connectivity index is 1.48. The molecule has 0 spiro atoms. The van der Waals surface area contributed by atoms with Crippen LogP contribution in [-0.4, -0.2) is 33.0 Å². The van der Waals surface area contributed by atoms with Crippen LogP contribution in [0.2, 0.25) is 5.02 Å². The number of benzene rings is 1. The Hall–Kier alpha value is -2.77. The summed E-state index contributed by atoms with van der Waals surface area (Å²) < 4.78 is 0. The van der Waals surface area contributed by atoms with E-state index in [0.29, 0.717) is 17.4 Å². The monoisotopic (exact) mass is 436 g/mol. The van der Waals surface area contributed by atoms with Crippen LogP contribution < -0.4 is 15.5 Å². The van der Waals surface area contributed by atoms with Crippen LogP contribution in [0.25, 0.3) is 11.3 Å². The Morgan fingerprint density at radius 2 is 1.97 bits per heavy atom. The number of nitrogens with zero attached hydrogens (tertiary/aromatic N) is 4. The zero-order chi connectivity index (χ0) is 20.7. The maximum atomic E-state index is 6.18. The van der Waals surface area contributed by atoms with Crippen LogP contribution in [0.5, 0.6) is 0 Å². The Labute approximate surface area is 185 Å². The number of fused-ring (bicyclic) bond motifs is 3. The first-order valence-electron chi connectivity index (χ1n) is 10.0. The molecule has 0 aliphatic carbocycles. The predicted molar refractivity (Wildman–Crippen MR) is 126 cm³/mol. The van der Waals surface area contributed by atoms with Crippen molar-refractivity contribution in [2.75, 3.05) is 28.6 Å². The SMILES string of the molecule is Cc1nc(N2CCCC2)ccc1Nc1ncc2c(n1)-c1ccc(Cl)cc1NC(=S)C2. The van der Waals surface area contributed by atoms with Crippen LogP contribution in [0.1, 0.15) is 24.1 Å². The van der Waals surface area contributed by atoms with Crippen molar-refractivity contribution >= 4 is 51.9 Å². The Bertz CT molecular complexity index is 1140. The molecule has 3 aromatic rings. The van der Waals surface area contributed by atoms with Gasteiger partial charge in [-0.05, 0) is 50.1 Å². The Morgan fingerprint density at radius 3 is 2.77 bits per heavy atom. The molecule has 152 valence electrons. The van der Waals surface area contributed by atoms with Crippen LogP contribution in [-0.2, 0) is 6.42 Å². The van der Waals surface area contributed by atoms with Gasteiger partial charge in [-0.15, -0.1) is 0 Å². The summed E-state index contributed by atoms with van der Waals surface area (Å²) in [5, 5.41) is 7.25. The van der Waals surface area contributed by atoms with Gasteiger partial charge in [-0.1, -0.05) is 23.8 Å². The lowest BCUT2D eigenvalue weighted by molar-refractivity contribution is 0.930. The summed E-state index contributed by atoms with van der Waals surface area (Å²) in [7, 11) is 0. The lowest BCUT2D eigenvalue weighted by atomic mass is 10.1. The fraction of sp³-hybridized carbons (Fsp3) is 0.273. The fourth-order valence-corrected chi connectivity index (χ4v) is 4.38. The van der Waals surface area contributed by atoms with E-state index in [2.05, 4.69) is 32.7 Å². The molecule has 8 heteroatoms. The van der Waals surface area contributed by atoms with Gasteiger partial charge in [0.05, 0.1) is 22.1 Å². The van der Waals surface area contributed by atoms with E-state index in [9.17, 15) is 0 Å². The standard InChI is InChI=1S/C22H21ClN6S/c1-13-17(6-7-19(25-13)29-8-2-3-9-29)27-22-24-12-14-10-20(30)26-18-11-15(23)4-5-16(18)21(14)28-22/h4-7,11-12H,2-3,8-10H2,1H3,(H,26,30)(H,24,27,28). The van der Waals surface area contributed by atoms with E-state index in [4.69, 9.17) is 33.8 Å². The summed E-state index contributed by atoms with van der Waals surface area (Å²) in [5.74, 6) is 1.56. The predicted octanol–water partition coefficient (Wildman–Crippen LogP) is 5.14. The van der Waals surface area contributed by atoms with E-state index >= 15 is 0 Å². The third kappa shape index (κ3) is 3.70. The number of rotatable bonds is 3. The number of halogens is 1. The molecule has 2 N–H and O–H groups in total. The molecule has 0 saturated carbocycles. The molecular formula is C22H21ClN6S. The maximum absolute atomic E-state index is 6.18. The minimum Gasteiger partial charge on any atom is -0.357 e. The van der Waals surface area contributed by atoms with Crippen molar-refractivity contribution in [1.29, 1.82) is 0 Å². The summed E-state index contributed by atoms with van der Waals surface area (Å²) in [6.07, 6.45) is 4.88. The fourth-order valence-electron chi connectivity index (χ4n) is 3.95. The number of anilines is 4. The highest BCUT2D eigenvalue weighted by Gasteiger charge is 2.20. The quantitative estimate of drug-likeness (QED) is 0.551. The first kappa shape index (κ1) is 19.2. The van der Waals surface area contributed by atoms with Gasteiger partial charge in [-0.25, -0.2) is 15.0 Å². The molecule has 30 heavy (non-hydrogen) atoms. The van der Waals surface area contributed by atoms with Gasteiger partial charge in [0.25, 0.3) is 0 Å². The van der Waals surface area contributed by atoms with E-state index in [0.717, 1.165) is 57.8 Å². The van der Waals surface area contributed by atoms with E-state index in [-0.39, 0.29) is 0 Å². The zero-order valence-corrected chi connectivity index (χ0v) is 18.1. The highest BCUT2D eigenvalue weighted by Crippen LogP contribution is 2.35. The van der Waals surface area contributed by atoms with Gasteiger partial charge >= 0.3 is 0 Å². The van der Waals surface area contributed by atoms with Crippen molar-refractivity contribution in [2.45, 2.75) is 26.2 Å². The summed E-state index contributed by atoms with van der Waals surface area (Å²) in [5.41, 5.74) is 5.48. The molecule has 0 unspecified atom stereocenters. The number of aromatic nitrogens is 3. The number of hydrogen-bond acceptors (Lipinski definition) is 6. The molecular weight excluding hydrogens is 416 g/mol. The number of aryl methyl sites for hydroxylation is 1. The number of pyridine rings is 1. The summed E-state index contributed by atoms with van der Waals surface area (Å²) >= 11 is 11.6. The number of hydrogen-bond donors (Lipinski definition) is 2. The van der Waals surface area contributed by atoms with Gasteiger partial charge in [0.15, 0.2) is 0 Å². The van der Waals surface area contributed by atoms with E-state index in [1.165, 1.54) is 12.8 Å². The largest absolute Gasteiger partial charge is 0.357 e. The van der Waals surface area contributed by atoms with Gasteiger partial charge in [0, 0.05) is 47.5 Å². The van der Waals surface area contributed by atoms with Crippen molar-refractivity contribution in [1.82, 2.24) is 15.0 Å². The highest BCUT2D eigenvalue weighted by atomic mass is 35.5. The smallest absolute Gasteiger partial charge is 0.227 e. The average Bonchev–Trinajstić information content (AvgIpc) is 3.21. The normalized spacial score (nSPS) is 15.3. The van der Waals surface area contributed by atoms with Crippen molar-refractivity contribution in [2.24, 2.45) is 0 Å². The van der Waals surface area contributed by atoms with Gasteiger partial charge in [0.2, 0.25) is 5.95 Å². The Kier molecular flexibility index (Phi) is 5.00. The van der Waals surface area contributed by atoms with E-state index in [1.54, 1.807) is 0 Å². The van der Waals surface area contributed by atoms with Crippen molar-refractivity contribution < 1.29 is 0 Å². The molecule has 2 aromatic heterocycles. The van der Waals surface area contributed by atoms with Gasteiger partial charge in [-0.2, -0.15) is 0 Å². The average molecular weight is 437 g/mol. The van der Waals surface area contributed by atoms with Gasteiger partial charge in [0.1, 0.15) is 5.82 Å². The molecule has 0 radical (unpaired) electrons. The highest BCUT2D eigenvalue weighted by molar-refractivity contribution is 7.80. The number of nitrogens with one attached hydrogen (secondary N) is 2. The second-order valence-electron chi connectivity index (χ2n) is 7.60. The van der Waals surface area contributed by atoms with Gasteiger partial charge < -0.3 is 15.5 Å². The van der Waals surface area contributed by atoms with Crippen LogP contribution in [0, 0.1) is 6.92 Å². The molecule has 2 aliphatic heterocycles. The lowest BCUT2D eigenvalue weighted by Crippen LogP contribution is -2.19. The van der Waals surface area contributed by atoms with Crippen molar-refractivity contribution in [3.05, 3.63) is 52.8 Å². The second-order valence-corrected chi connectivity index (χ2v) is 8.53. The molecule has 0 amide bonds. The summed E-state index contributed by atoms with van der Waals surface area (Å²) in [4.78, 5) is 17.2. The Morgan fingerprint density at radius 1 is 1.13 bits per heavy atom. The van der Waals surface area contributed by atoms with Crippen LogP contribution in [0.15, 0.2) is 36.5 Å². The molecule has 1 fully saturated rings. The van der Waals surface area contributed by atoms with E-state index < -0.39 is 0 Å². The third-order valence-corrected chi connectivity index (χ3v) is 5.96. The summed E-state index contributed by atoms with van der Waals surface area (Å²) in [6.45, 7) is 4.16.